The highest BCUT2D eigenvalue weighted by Gasteiger charge is 2.19. The monoisotopic (exact) mass is 345 g/mol. The third kappa shape index (κ3) is 4.29. The standard InChI is InChI=1S/C20H24ClNO2/c1-24-19-8-7-15-6-5-14(9-17(15)11-19)12-22-13-20(23)16-3-2-4-18(21)10-16/h2-4,7-8,10-11,14,20,22-23H,5-6,9,12-13H2,1H3. The minimum atomic E-state index is -0.528. The van der Waals surface area contributed by atoms with Gasteiger partial charge in [0.25, 0.3) is 0 Å². The van der Waals surface area contributed by atoms with Crippen molar-refractivity contribution in [1.29, 1.82) is 0 Å². The summed E-state index contributed by atoms with van der Waals surface area (Å²) in [4.78, 5) is 0. The maximum absolute atomic E-state index is 10.3. The maximum atomic E-state index is 10.3. The van der Waals surface area contributed by atoms with Crippen molar-refractivity contribution < 1.29 is 9.84 Å². The quantitative estimate of drug-likeness (QED) is 0.837. The van der Waals surface area contributed by atoms with Crippen molar-refractivity contribution in [1.82, 2.24) is 5.32 Å². The first-order chi connectivity index (χ1) is 11.7. The molecule has 0 saturated carbocycles. The van der Waals surface area contributed by atoms with E-state index in [-0.39, 0.29) is 0 Å². The van der Waals surface area contributed by atoms with Crippen molar-refractivity contribution in [3.63, 3.8) is 0 Å². The van der Waals surface area contributed by atoms with Crippen LogP contribution in [-0.2, 0) is 12.8 Å². The summed E-state index contributed by atoms with van der Waals surface area (Å²) in [6, 6.07) is 13.8. The van der Waals surface area contributed by atoms with Crippen molar-refractivity contribution >= 4 is 11.6 Å². The van der Waals surface area contributed by atoms with Gasteiger partial charge in [-0.3, -0.25) is 0 Å². The number of ether oxygens (including phenoxy) is 1. The second-order valence-electron chi connectivity index (χ2n) is 6.47. The van der Waals surface area contributed by atoms with Crippen molar-refractivity contribution in [3.8, 4) is 5.75 Å². The minimum Gasteiger partial charge on any atom is -0.497 e. The van der Waals surface area contributed by atoms with Crippen LogP contribution in [0.15, 0.2) is 42.5 Å². The summed E-state index contributed by atoms with van der Waals surface area (Å²) in [6.45, 7) is 1.45. The van der Waals surface area contributed by atoms with E-state index in [4.69, 9.17) is 16.3 Å². The van der Waals surface area contributed by atoms with Crippen LogP contribution in [-0.4, -0.2) is 25.3 Å². The highest BCUT2D eigenvalue weighted by Crippen LogP contribution is 2.28. The summed E-state index contributed by atoms with van der Waals surface area (Å²) in [7, 11) is 1.71. The first-order valence-corrected chi connectivity index (χ1v) is 8.83. The largest absolute Gasteiger partial charge is 0.497 e. The van der Waals surface area contributed by atoms with Crippen LogP contribution in [0.5, 0.6) is 5.75 Å². The predicted octanol–water partition coefficient (Wildman–Crippen LogP) is 3.78. The Morgan fingerprint density at radius 1 is 1.25 bits per heavy atom. The Morgan fingerprint density at radius 3 is 2.92 bits per heavy atom. The summed E-state index contributed by atoms with van der Waals surface area (Å²) >= 11 is 5.98. The average molecular weight is 346 g/mol. The fourth-order valence-corrected chi connectivity index (χ4v) is 3.56. The van der Waals surface area contributed by atoms with Gasteiger partial charge in [0.1, 0.15) is 5.75 Å². The Bertz CT molecular complexity index is 689. The lowest BCUT2D eigenvalue weighted by Gasteiger charge is -2.25. The molecule has 2 unspecified atom stereocenters. The zero-order valence-electron chi connectivity index (χ0n) is 14.0. The Labute approximate surface area is 148 Å². The molecule has 0 fully saturated rings. The van der Waals surface area contributed by atoms with Crippen molar-refractivity contribution in [2.24, 2.45) is 5.92 Å². The van der Waals surface area contributed by atoms with Crippen LogP contribution in [0, 0.1) is 5.92 Å². The molecule has 4 heteroatoms. The molecular formula is C20H24ClNO2. The van der Waals surface area contributed by atoms with Gasteiger partial charge < -0.3 is 15.2 Å². The lowest BCUT2D eigenvalue weighted by Crippen LogP contribution is -2.30. The van der Waals surface area contributed by atoms with Gasteiger partial charge in [-0.05, 0) is 72.7 Å². The van der Waals surface area contributed by atoms with Crippen LogP contribution >= 0.6 is 11.6 Å². The smallest absolute Gasteiger partial charge is 0.119 e. The molecule has 0 amide bonds. The number of hydrogen-bond donors (Lipinski definition) is 2. The lowest BCUT2D eigenvalue weighted by molar-refractivity contribution is 0.172. The molecule has 1 aliphatic rings. The zero-order chi connectivity index (χ0) is 16.9. The number of aryl methyl sites for hydroxylation is 1. The van der Waals surface area contributed by atoms with Gasteiger partial charge in [-0.1, -0.05) is 29.8 Å². The van der Waals surface area contributed by atoms with Gasteiger partial charge in [-0.25, -0.2) is 0 Å². The molecule has 0 aliphatic heterocycles. The SMILES string of the molecule is COc1ccc2c(c1)CC(CNCC(O)c1cccc(Cl)c1)CC2. The first-order valence-electron chi connectivity index (χ1n) is 8.45. The number of fused-ring (bicyclic) bond motifs is 1. The topological polar surface area (TPSA) is 41.5 Å². The molecular weight excluding hydrogens is 322 g/mol. The summed E-state index contributed by atoms with van der Waals surface area (Å²) < 4.78 is 5.33. The third-order valence-electron chi connectivity index (χ3n) is 4.75. The van der Waals surface area contributed by atoms with E-state index in [1.165, 1.54) is 17.5 Å². The number of nitrogens with one attached hydrogen (secondary N) is 1. The lowest BCUT2D eigenvalue weighted by atomic mass is 9.83. The molecule has 128 valence electrons. The number of benzene rings is 2. The second-order valence-corrected chi connectivity index (χ2v) is 6.91. The number of aliphatic hydroxyl groups excluding tert-OH is 1. The molecule has 2 N–H and O–H groups in total. The molecule has 24 heavy (non-hydrogen) atoms. The van der Waals surface area contributed by atoms with E-state index in [0.29, 0.717) is 17.5 Å². The molecule has 1 aliphatic carbocycles. The molecule has 2 aromatic carbocycles. The van der Waals surface area contributed by atoms with Gasteiger partial charge in [-0.15, -0.1) is 0 Å². The van der Waals surface area contributed by atoms with Crippen molar-refractivity contribution in [2.45, 2.75) is 25.4 Å². The Hall–Kier alpha value is -1.55. The molecule has 0 spiro atoms. The Morgan fingerprint density at radius 2 is 2.12 bits per heavy atom. The molecule has 2 aromatic rings. The van der Waals surface area contributed by atoms with Gasteiger partial charge in [0.15, 0.2) is 0 Å². The van der Waals surface area contributed by atoms with Crippen LogP contribution < -0.4 is 10.1 Å². The Kier molecular flexibility index (Phi) is 5.77. The van der Waals surface area contributed by atoms with Gasteiger partial charge in [0, 0.05) is 11.6 Å². The molecule has 2 atom stereocenters. The number of rotatable bonds is 6. The fraction of sp³-hybridized carbons (Fsp3) is 0.400. The Balaban J connectivity index is 1.50. The number of methoxy groups -OCH3 is 1. The second kappa shape index (κ2) is 8.02. The summed E-state index contributed by atoms with van der Waals surface area (Å²) in [6.07, 6.45) is 2.83. The van der Waals surface area contributed by atoms with E-state index in [1.807, 2.05) is 30.3 Å². The van der Waals surface area contributed by atoms with Crippen LogP contribution in [0.4, 0.5) is 0 Å². The minimum absolute atomic E-state index is 0.528. The van der Waals surface area contributed by atoms with Crippen LogP contribution in [0.25, 0.3) is 0 Å². The first kappa shape index (κ1) is 17.3. The van der Waals surface area contributed by atoms with Crippen LogP contribution in [0.3, 0.4) is 0 Å². The van der Waals surface area contributed by atoms with Crippen molar-refractivity contribution in [3.05, 3.63) is 64.2 Å². The van der Waals surface area contributed by atoms with Crippen LogP contribution in [0.1, 0.15) is 29.2 Å². The van der Waals surface area contributed by atoms with E-state index < -0.39 is 6.10 Å². The molecule has 0 aromatic heterocycles. The molecule has 3 rings (SSSR count). The van der Waals surface area contributed by atoms with E-state index in [2.05, 4.69) is 17.4 Å². The summed E-state index contributed by atoms with van der Waals surface area (Å²) in [5, 5.41) is 14.3. The van der Waals surface area contributed by atoms with Gasteiger partial charge in [0.2, 0.25) is 0 Å². The highest BCUT2D eigenvalue weighted by atomic mass is 35.5. The van der Waals surface area contributed by atoms with Crippen LogP contribution in [0.2, 0.25) is 5.02 Å². The molecule has 0 saturated heterocycles. The molecule has 0 heterocycles. The van der Waals surface area contributed by atoms with Crippen molar-refractivity contribution in [2.75, 3.05) is 20.2 Å². The molecule has 0 radical (unpaired) electrons. The summed E-state index contributed by atoms with van der Waals surface area (Å²) in [5.74, 6) is 1.52. The number of aliphatic hydroxyl groups is 1. The number of halogens is 1. The van der Waals surface area contributed by atoms with E-state index in [0.717, 1.165) is 30.7 Å². The fourth-order valence-electron chi connectivity index (χ4n) is 3.37. The average Bonchev–Trinajstić information content (AvgIpc) is 2.61. The maximum Gasteiger partial charge on any atom is 0.119 e. The highest BCUT2D eigenvalue weighted by molar-refractivity contribution is 6.30. The summed E-state index contributed by atoms with van der Waals surface area (Å²) in [5.41, 5.74) is 3.68. The van der Waals surface area contributed by atoms with Gasteiger partial charge >= 0.3 is 0 Å². The molecule has 3 nitrogen and oxygen atoms in total. The van der Waals surface area contributed by atoms with E-state index in [9.17, 15) is 5.11 Å². The van der Waals surface area contributed by atoms with Gasteiger partial charge in [-0.2, -0.15) is 0 Å². The van der Waals surface area contributed by atoms with E-state index in [1.54, 1.807) is 7.11 Å². The third-order valence-corrected chi connectivity index (χ3v) is 4.98. The molecule has 0 bridgehead atoms. The predicted molar refractivity (Wildman–Crippen MR) is 97.8 cm³/mol. The number of hydrogen-bond acceptors (Lipinski definition) is 3. The zero-order valence-corrected chi connectivity index (χ0v) is 14.7. The normalized spacial score (nSPS) is 18.0. The van der Waals surface area contributed by atoms with E-state index >= 15 is 0 Å². The van der Waals surface area contributed by atoms with Gasteiger partial charge in [0.05, 0.1) is 13.2 Å².